The highest BCUT2D eigenvalue weighted by Crippen LogP contribution is 2.09. The molecule has 0 aromatic rings. The first-order valence-electron chi connectivity index (χ1n) is 12.6. The SMILES string of the molecule is CC(C)CC(NC(=O)C(N)CCC(=O)O)C(=O)NC(CCCN=C(N)N)C(=O)NC(CCCCN)C(=O)O. The fraction of sp³-hybridized carbons (Fsp3) is 0.739. The zero-order chi connectivity index (χ0) is 29.3. The molecule has 13 N–H and O–H groups in total. The first kappa shape index (κ1) is 34.5. The van der Waals surface area contributed by atoms with E-state index in [2.05, 4.69) is 20.9 Å². The van der Waals surface area contributed by atoms with Crippen molar-refractivity contribution < 1.29 is 34.2 Å². The molecule has 15 heteroatoms. The molecule has 3 amide bonds. The molecule has 0 saturated carbocycles. The molecule has 0 aliphatic heterocycles. The molecule has 0 spiro atoms. The largest absolute Gasteiger partial charge is 0.481 e. The number of carbonyl (C=O) groups excluding carboxylic acids is 3. The summed E-state index contributed by atoms with van der Waals surface area (Å²) in [5.41, 5.74) is 21.9. The Balaban J connectivity index is 5.60. The van der Waals surface area contributed by atoms with E-state index in [0.717, 1.165) is 0 Å². The molecule has 0 fully saturated rings. The maximum Gasteiger partial charge on any atom is 0.326 e. The molecule has 0 saturated heterocycles. The van der Waals surface area contributed by atoms with Crippen LogP contribution in [0.2, 0.25) is 0 Å². The van der Waals surface area contributed by atoms with Crippen LogP contribution in [0.3, 0.4) is 0 Å². The minimum absolute atomic E-state index is 0.0330. The van der Waals surface area contributed by atoms with E-state index in [-0.39, 0.29) is 50.5 Å². The standard InChI is InChI=1S/C23H44N8O7/c1-13(2)12-17(31-19(34)14(25)8-9-18(32)33)21(36)29-15(7-5-11-28-23(26)27)20(35)30-16(22(37)38)6-3-4-10-24/h13-17H,3-12,24-25H2,1-2H3,(H,29,36)(H,30,35)(H,31,34)(H,32,33)(H,37,38)(H4,26,27,28). The minimum atomic E-state index is -1.22. The number of hydrogen-bond acceptors (Lipinski definition) is 8. The lowest BCUT2D eigenvalue weighted by Crippen LogP contribution is -2.57. The molecule has 0 aliphatic carbocycles. The van der Waals surface area contributed by atoms with E-state index >= 15 is 0 Å². The predicted octanol–water partition coefficient (Wildman–Crippen LogP) is -2.05. The molecule has 4 unspecified atom stereocenters. The third-order valence-electron chi connectivity index (χ3n) is 5.49. The van der Waals surface area contributed by atoms with Gasteiger partial charge in [-0.05, 0) is 57.4 Å². The highest BCUT2D eigenvalue weighted by Gasteiger charge is 2.30. The van der Waals surface area contributed by atoms with Crippen LogP contribution >= 0.6 is 0 Å². The van der Waals surface area contributed by atoms with Crippen molar-refractivity contribution in [3.63, 3.8) is 0 Å². The average Bonchev–Trinajstić information content (AvgIpc) is 2.82. The van der Waals surface area contributed by atoms with Gasteiger partial charge in [0.1, 0.15) is 18.1 Å². The lowest BCUT2D eigenvalue weighted by atomic mass is 10.0. The summed E-state index contributed by atoms with van der Waals surface area (Å²) in [6.45, 7) is 4.21. The van der Waals surface area contributed by atoms with Gasteiger partial charge >= 0.3 is 11.9 Å². The number of amides is 3. The zero-order valence-corrected chi connectivity index (χ0v) is 22.2. The van der Waals surface area contributed by atoms with Gasteiger partial charge < -0.3 is 49.1 Å². The number of carboxylic acid groups (broad SMARTS) is 2. The Morgan fingerprint density at radius 3 is 1.87 bits per heavy atom. The van der Waals surface area contributed by atoms with Gasteiger partial charge in [0.2, 0.25) is 17.7 Å². The molecule has 38 heavy (non-hydrogen) atoms. The van der Waals surface area contributed by atoms with Crippen LogP contribution in [0.5, 0.6) is 0 Å². The molecular formula is C23H44N8O7. The third kappa shape index (κ3) is 15.6. The monoisotopic (exact) mass is 544 g/mol. The van der Waals surface area contributed by atoms with Crippen LogP contribution in [0.1, 0.15) is 65.2 Å². The molecule has 0 aromatic carbocycles. The van der Waals surface area contributed by atoms with Crippen LogP contribution in [0, 0.1) is 5.92 Å². The minimum Gasteiger partial charge on any atom is -0.481 e. The fourth-order valence-electron chi connectivity index (χ4n) is 3.46. The first-order chi connectivity index (χ1) is 17.8. The van der Waals surface area contributed by atoms with Crippen LogP contribution in [-0.2, 0) is 24.0 Å². The number of hydrogen-bond donors (Lipinski definition) is 9. The quantitative estimate of drug-likeness (QED) is 0.0456. The van der Waals surface area contributed by atoms with Crippen molar-refractivity contribution in [1.29, 1.82) is 0 Å². The molecule has 218 valence electrons. The summed E-state index contributed by atoms with van der Waals surface area (Å²) < 4.78 is 0. The summed E-state index contributed by atoms with van der Waals surface area (Å²) in [7, 11) is 0. The first-order valence-corrected chi connectivity index (χ1v) is 12.6. The van der Waals surface area contributed by atoms with Gasteiger partial charge in [0.25, 0.3) is 0 Å². The van der Waals surface area contributed by atoms with Crippen molar-refractivity contribution in [3.8, 4) is 0 Å². The number of aliphatic imine (C=N–C) groups is 1. The van der Waals surface area contributed by atoms with Crippen molar-refractivity contribution in [2.45, 2.75) is 89.4 Å². The van der Waals surface area contributed by atoms with Gasteiger partial charge in [0, 0.05) is 13.0 Å². The van der Waals surface area contributed by atoms with E-state index in [9.17, 15) is 29.1 Å². The normalized spacial score (nSPS) is 14.0. The van der Waals surface area contributed by atoms with E-state index in [1.807, 2.05) is 13.8 Å². The highest BCUT2D eigenvalue weighted by molar-refractivity contribution is 5.94. The van der Waals surface area contributed by atoms with Crippen LogP contribution in [0.15, 0.2) is 4.99 Å². The number of guanidine groups is 1. The van der Waals surface area contributed by atoms with Gasteiger partial charge in [-0.3, -0.25) is 24.2 Å². The predicted molar refractivity (Wildman–Crippen MR) is 141 cm³/mol. The number of nitrogens with one attached hydrogen (secondary N) is 3. The van der Waals surface area contributed by atoms with Gasteiger partial charge in [-0.1, -0.05) is 13.8 Å². The van der Waals surface area contributed by atoms with Crippen molar-refractivity contribution >= 4 is 35.6 Å². The van der Waals surface area contributed by atoms with E-state index in [1.54, 1.807) is 0 Å². The fourth-order valence-corrected chi connectivity index (χ4v) is 3.46. The Kier molecular flexibility index (Phi) is 17.0. The topological polar surface area (TPSA) is 278 Å². The van der Waals surface area contributed by atoms with E-state index < -0.39 is 53.8 Å². The molecule has 15 nitrogen and oxygen atoms in total. The average molecular weight is 545 g/mol. The summed E-state index contributed by atoms with van der Waals surface area (Å²) in [4.78, 5) is 64.9. The molecule has 4 atom stereocenters. The van der Waals surface area contributed by atoms with Crippen molar-refractivity contribution in [3.05, 3.63) is 0 Å². The Hall–Kier alpha value is -3.46. The third-order valence-corrected chi connectivity index (χ3v) is 5.49. The Labute approximate surface area is 222 Å². The maximum absolute atomic E-state index is 13.2. The molecule has 0 heterocycles. The van der Waals surface area contributed by atoms with Gasteiger partial charge in [0.15, 0.2) is 5.96 Å². The number of aliphatic carboxylic acids is 2. The van der Waals surface area contributed by atoms with E-state index in [0.29, 0.717) is 25.8 Å². The van der Waals surface area contributed by atoms with Crippen molar-refractivity contribution in [1.82, 2.24) is 16.0 Å². The lowest BCUT2D eigenvalue weighted by Gasteiger charge is -2.26. The van der Waals surface area contributed by atoms with Gasteiger partial charge in [-0.25, -0.2) is 4.79 Å². The van der Waals surface area contributed by atoms with Crippen LogP contribution in [0.4, 0.5) is 0 Å². The molecule has 0 aromatic heterocycles. The Morgan fingerprint density at radius 1 is 0.789 bits per heavy atom. The van der Waals surface area contributed by atoms with Crippen LogP contribution < -0.4 is 38.9 Å². The number of rotatable bonds is 20. The van der Waals surface area contributed by atoms with E-state index in [1.165, 1.54) is 0 Å². The Bertz CT molecular complexity index is 818. The molecule has 0 bridgehead atoms. The van der Waals surface area contributed by atoms with Crippen molar-refractivity contribution in [2.75, 3.05) is 13.1 Å². The summed E-state index contributed by atoms with van der Waals surface area (Å²) in [6.07, 6.45) is 1.39. The number of carboxylic acids is 2. The second kappa shape index (κ2) is 18.7. The number of carbonyl (C=O) groups is 5. The number of unbranched alkanes of at least 4 members (excludes halogenated alkanes) is 1. The van der Waals surface area contributed by atoms with Crippen molar-refractivity contribution in [2.24, 2.45) is 33.8 Å². The summed E-state index contributed by atoms with van der Waals surface area (Å²) in [5.74, 6) is -4.59. The van der Waals surface area contributed by atoms with Gasteiger partial charge in [0.05, 0.1) is 6.04 Å². The number of nitrogens with two attached hydrogens (primary N) is 4. The Morgan fingerprint density at radius 2 is 1.34 bits per heavy atom. The second-order valence-corrected chi connectivity index (χ2v) is 9.42. The molecular weight excluding hydrogens is 500 g/mol. The molecule has 0 radical (unpaired) electrons. The molecule has 0 rings (SSSR count). The lowest BCUT2D eigenvalue weighted by molar-refractivity contribution is -0.142. The summed E-state index contributed by atoms with van der Waals surface area (Å²) in [6, 6.07) is -4.52. The van der Waals surface area contributed by atoms with Crippen LogP contribution in [-0.4, -0.2) is 83.1 Å². The van der Waals surface area contributed by atoms with Crippen LogP contribution in [0.25, 0.3) is 0 Å². The van der Waals surface area contributed by atoms with Gasteiger partial charge in [-0.2, -0.15) is 0 Å². The summed E-state index contributed by atoms with van der Waals surface area (Å²) >= 11 is 0. The summed E-state index contributed by atoms with van der Waals surface area (Å²) in [5, 5.41) is 25.9. The second-order valence-electron chi connectivity index (χ2n) is 9.42. The van der Waals surface area contributed by atoms with Gasteiger partial charge in [-0.15, -0.1) is 0 Å². The van der Waals surface area contributed by atoms with E-state index in [4.69, 9.17) is 28.0 Å². The number of nitrogens with zero attached hydrogens (tertiary/aromatic N) is 1. The molecule has 0 aliphatic rings. The highest BCUT2D eigenvalue weighted by atomic mass is 16.4. The smallest absolute Gasteiger partial charge is 0.326 e. The zero-order valence-electron chi connectivity index (χ0n) is 22.2. The maximum atomic E-state index is 13.2.